The van der Waals surface area contributed by atoms with E-state index in [2.05, 4.69) is 4.98 Å². The molecule has 0 bridgehead atoms. The third-order valence-corrected chi connectivity index (χ3v) is 4.46. The molecule has 1 aromatic carbocycles. The fourth-order valence-corrected chi connectivity index (χ4v) is 3.24. The quantitative estimate of drug-likeness (QED) is 0.858. The first-order chi connectivity index (χ1) is 11.6. The molecule has 1 saturated carbocycles. The number of hydrogen-bond donors (Lipinski definition) is 1. The topological polar surface area (TPSA) is 53.4 Å². The highest BCUT2D eigenvalue weighted by atomic mass is 19.1. The summed E-state index contributed by atoms with van der Waals surface area (Å²) in [6, 6.07) is 13.8. The first kappa shape index (κ1) is 16.6. The van der Waals surface area contributed by atoms with Crippen LogP contribution < -0.4 is 0 Å². The summed E-state index contributed by atoms with van der Waals surface area (Å²) >= 11 is 0. The molecule has 0 spiro atoms. The number of benzene rings is 1. The molecule has 0 aliphatic heterocycles. The van der Waals surface area contributed by atoms with Gasteiger partial charge in [-0.1, -0.05) is 49.2 Å². The van der Waals surface area contributed by atoms with Crippen LogP contribution in [0.25, 0.3) is 0 Å². The lowest BCUT2D eigenvalue weighted by molar-refractivity contribution is 0.00761. The molecule has 24 heavy (non-hydrogen) atoms. The van der Waals surface area contributed by atoms with Gasteiger partial charge in [0.1, 0.15) is 5.69 Å². The Hall–Kier alpha value is -2.27. The summed E-state index contributed by atoms with van der Waals surface area (Å²) in [6.45, 7) is 0.596. The van der Waals surface area contributed by atoms with Crippen LogP contribution in [0.2, 0.25) is 0 Å². The number of carbonyl (C=O) groups is 1. The summed E-state index contributed by atoms with van der Waals surface area (Å²) in [4.78, 5) is 18.1. The fourth-order valence-electron chi connectivity index (χ4n) is 3.24. The minimum Gasteiger partial charge on any atom is -0.388 e. The minimum atomic E-state index is -0.863. The highest BCUT2D eigenvalue weighted by molar-refractivity contribution is 5.92. The second-order valence-electron chi connectivity index (χ2n) is 6.42. The van der Waals surface area contributed by atoms with E-state index in [0.717, 1.165) is 18.4 Å². The van der Waals surface area contributed by atoms with E-state index in [9.17, 15) is 14.3 Å². The lowest BCUT2D eigenvalue weighted by Crippen LogP contribution is -2.44. The van der Waals surface area contributed by atoms with Gasteiger partial charge >= 0.3 is 0 Å². The van der Waals surface area contributed by atoms with Gasteiger partial charge in [-0.2, -0.15) is 4.39 Å². The summed E-state index contributed by atoms with van der Waals surface area (Å²) in [7, 11) is 0. The molecular weight excluding hydrogens is 307 g/mol. The van der Waals surface area contributed by atoms with Crippen LogP contribution in [0, 0.1) is 5.95 Å². The van der Waals surface area contributed by atoms with Crippen molar-refractivity contribution in [2.75, 3.05) is 6.54 Å². The van der Waals surface area contributed by atoms with Crippen molar-refractivity contribution in [1.82, 2.24) is 9.88 Å². The van der Waals surface area contributed by atoms with Gasteiger partial charge in [-0.3, -0.25) is 4.79 Å². The van der Waals surface area contributed by atoms with Crippen molar-refractivity contribution >= 4 is 5.91 Å². The molecule has 0 saturated heterocycles. The van der Waals surface area contributed by atoms with E-state index in [0.29, 0.717) is 19.4 Å². The second-order valence-corrected chi connectivity index (χ2v) is 6.42. The summed E-state index contributed by atoms with van der Waals surface area (Å²) in [5.74, 6) is -1.04. The van der Waals surface area contributed by atoms with E-state index >= 15 is 0 Å². The smallest absolute Gasteiger partial charge is 0.272 e. The molecule has 1 aliphatic rings. The van der Waals surface area contributed by atoms with Crippen LogP contribution in [-0.2, 0) is 6.54 Å². The molecule has 1 aromatic heterocycles. The molecule has 2 aromatic rings. The molecular formula is C19H21FN2O2. The zero-order chi connectivity index (χ0) is 17.0. The Morgan fingerprint density at radius 1 is 1.12 bits per heavy atom. The maximum absolute atomic E-state index is 13.4. The van der Waals surface area contributed by atoms with Gasteiger partial charge in [-0.15, -0.1) is 0 Å². The summed E-state index contributed by atoms with van der Waals surface area (Å²) in [6.07, 6.45) is 3.29. The molecule has 1 heterocycles. The Morgan fingerprint density at radius 2 is 1.83 bits per heavy atom. The maximum atomic E-state index is 13.4. The molecule has 0 atom stereocenters. The molecule has 126 valence electrons. The van der Waals surface area contributed by atoms with Gasteiger partial charge in [0.2, 0.25) is 5.95 Å². The number of rotatable bonds is 5. The Labute approximate surface area is 141 Å². The Kier molecular flexibility index (Phi) is 4.90. The average Bonchev–Trinajstić information content (AvgIpc) is 3.01. The van der Waals surface area contributed by atoms with Crippen molar-refractivity contribution in [2.24, 2.45) is 0 Å². The second kappa shape index (κ2) is 7.09. The largest absolute Gasteiger partial charge is 0.388 e. The Balaban J connectivity index is 1.84. The van der Waals surface area contributed by atoms with E-state index in [4.69, 9.17) is 0 Å². The summed E-state index contributed by atoms with van der Waals surface area (Å²) in [5.41, 5.74) is 0.161. The van der Waals surface area contributed by atoms with Crippen LogP contribution in [0.15, 0.2) is 48.5 Å². The molecule has 0 radical (unpaired) electrons. The lowest BCUT2D eigenvalue weighted by Gasteiger charge is -2.31. The van der Waals surface area contributed by atoms with E-state index < -0.39 is 11.5 Å². The molecule has 4 nitrogen and oxygen atoms in total. The van der Waals surface area contributed by atoms with E-state index in [1.165, 1.54) is 18.2 Å². The van der Waals surface area contributed by atoms with Crippen LogP contribution in [0.4, 0.5) is 4.39 Å². The van der Waals surface area contributed by atoms with E-state index in [1.54, 1.807) is 4.90 Å². The van der Waals surface area contributed by atoms with Crippen LogP contribution in [0.1, 0.15) is 41.7 Å². The number of halogens is 1. The van der Waals surface area contributed by atoms with Crippen molar-refractivity contribution in [2.45, 2.75) is 37.8 Å². The predicted octanol–water partition coefficient (Wildman–Crippen LogP) is 3.17. The molecule has 0 unspecified atom stereocenters. The summed E-state index contributed by atoms with van der Waals surface area (Å²) < 4.78 is 13.4. The number of aromatic nitrogens is 1. The number of pyridine rings is 1. The number of amides is 1. The van der Waals surface area contributed by atoms with E-state index in [1.807, 2.05) is 30.3 Å². The molecule has 1 N–H and O–H groups in total. The lowest BCUT2D eigenvalue weighted by atomic mass is 10.0. The third kappa shape index (κ3) is 3.97. The molecule has 3 rings (SSSR count). The van der Waals surface area contributed by atoms with Crippen LogP contribution in [-0.4, -0.2) is 33.0 Å². The monoisotopic (exact) mass is 328 g/mol. The number of aliphatic hydroxyl groups is 1. The van der Waals surface area contributed by atoms with Gasteiger partial charge in [0.25, 0.3) is 5.91 Å². The van der Waals surface area contributed by atoms with Crippen LogP contribution >= 0.6 is 0 Å². The van der Waals surface area contributed by atoms with Crippen molar-refractivity contribution in [1.29, 1.82) is 0 Å². The van der Waals surface area contributed by atoms with Gasteiger partial charge in [-0.05, 0) is 30.5 Å². The number of hydrogen-bond acceptors (Lipinski definition) is 3. The van der Waals surface area contributed by atoms with Crippen molar-refractivity contribution in [3.05, 3.63) is 65.7 Å². The zero-order valence-corrected chi connectivity index (χ0v) is 13.5. The molecule has 1 aliphatic carbocycles. The normalized spacial score (nSPS) is 16.1. The zero-order valence-electron chi connectivity index (χ0n) is 13.5. The maximum Gasteiger partial charge on any atom is 0.272 e. The van der Waals surface area contributed by atoms with Gasteiger partial charge in [0, 0.05) is 6.54 Å². The number of carbonyl (C=O) groups excluding carboxylic acids is 1. The molecule has 1 fully saturated rings. The van der Waals surface area contributed by atoms with E-state index in [-0.39, 0.29) is 18.1 Å². The van der Waals surface area contributed by atoms with Crippen molar-refractivity contribution < 1.29 is 14.3 Å². The van der Waals surface area contributed by atoms with Gasteiger partial charge in [0.15, 0.2) is 0 Å². The Bertz CT molecular complexity index is 700. The summed E-state index contributed by atoms with van der Waals surface area (Å²) in [5, 5.41) is 10.7. The van der Waals surface area contributed by atoms with Crippen LogP contribution in [0.3, 0.4) is 0 Å². The highest BCUT2D eigenvalue weighted by Crippen LogP contribution is 2.31. The fraction of sp³-hybridized carbons (Fsp3) is 0.368. The van der Waals surface area contributed by atoms with Crippen LogP contribution in [0.5, 0.6) is 0 Å². The van der Waals surface area contributed by atoms with Crippen molar-refractivity contribution in [3.8, 4) is 0 Å². The molecule has 1 amide bonds. The molecule has 5 heteroatoms. The van der Waals surface area contributed by atoms with Crippen molar-refractivity contribution in [3.63, 3.8) is 0 Å². The first-order valence-corrected chi connectivity index (χ1v) is 8.24. The Morgan fingerprint density at radius 3 is 2.50 bits per heavy atom. The highest BCUT2D eigenvalue weighted by Gasteiger charge is 2.35. The average molecular weight is 328 g/mol. The number of nitrogens with zero attached hydrogens (tertiary/aromatic N) is 2. The van der Waals surface area contributed by atoms with Gasteiger partial charge < -0.3 is 10.0 Å². The third-order valence-electron chi connectivity index (χ3n) is 4.46. The predicted molar refractivity (Wildman–Crippen MR) is 88.8 cm³/mol. The minimum absolute atomic E-state index is 0.0625. The first-order valence-electron chi connectivity index (χ1n) is 8.24. The van der Waals surface area contributed by atoms with Gasteiger partial charge in [-0.25, -0.2) is 4.98 Å². The standard InChI is InChI=1S/C19H21FN2O2/c20-17-10-6-9-16(21-17)18(23)22(13-15-7-2-1-3-8-15)14-19(24)11-4-5-12-19/h1-3,6-10,24H,4-5,11-14H2. The van der Waals surface area contributed by atoms with Gasteiger partial charge in [0.05, 0.1) is 12.1 Å². The SMILES string of the molecule is O=C(c1cccc(F)n1)N(Cc1ccccc1)CC1(O)CCCC1.